The van der Waals surface area contributed by atoms with E-state index < -0.39 is 23.6 Å². The Morgan fingerprint density at radius 1 is 1.24 bits per heavy atom. The van der Waals surface area contributed by atoms with Crippen LogP contribution in [-0.4, -0.2) is 13.1 Å². The predicted molar refractivity (Wildman–Crippen MR) is 56.2 cm³/mol. The average molecular weight is 247 g/mol. The van der Waals surface area contributed by atoms with Gasteiger partial charge in [-0.2, -0.15) is 0 Å². The Hall–Kier alpha value is -1.10. The van der Waals surface area contributed by atoms with Gasteiger partial charge in [-0.15, -0.1) is 0 Å². The molecule has 0 radical (unpaired) electrons. The summed E-state index contributed by atoms with van der Waals surface area (Å²) in [6.07, 6.45) is -1.25. The highest BCUT2D eigenvalue weighted by Crippen LogP contribution is 2.31. The monoisotopic (exact) mass is 247 g/mol. The second kappa shape index (κ2) is 5.04. The molecule has 1 fully saturated rings. The standard InChI is InChI=1S/C12H13F4N/c13-10-5-8(12(15)16)4-9(11(10)14)7-2-1-3-17-6-7/h4-5,7,12,17H,1-3,6H2. The highest BCUT2D eigenvalue weighted by Gasteiger charge is 2.23. The van der Waals surface area contributed by atoms with Crippen LogP contribution in [0.5, 0.6) is 0 Å². The van der Waals surface area contributed by atoms with Gasteiger partial charge in [0.25, 0.3) is 6.43 Å². The van der Waals surface area contributed by atoms with Crippen molar-refractivity contribution in [3.8, 4) is 0 Å². The molecule has 5 heteroatoms. The number of halogens is 4. The lowest BCUT2D eigenvalue weighted by Gasteiger charge is -2.24. The van der Waals surface area contributed by atoms with Crippen molar-refractivity contribution in [3.05, 3.63) is 34.9 Å². The van der Waals surface area contributed by atoms with Crippen molar-refractivity contribution in [1.82, 2.24) is 5.32 Å². The maximum Gasteiger partial charge on any atom is 0.263 e. The molecule has 1 aromatic rings. The molecule has 1 aliphatic rings. The lowest BCUT2D eigenvalue weighted by molar-refractivity contribution is 0.150. The second-order valence-electron chi connectivity index (χ2n) is 4.25. The number of hydrogen-bond acceptors (Lipinski definition) is 1. The smallest absolute Gasteiger partial charge is 0.263 e. The first kappa shape index (κ1) is 12.4. The van der Waals surface area contributed by atoms with Crippen LogP contribution in [0, 0.1) is 11.6 Å². The van der Waals surface area contributed by atoms with Crippen molar-refractivity contribution in [2.75, 3.05) is 13.1 Å². The van der Waals surface area contributed by atoms with E-state index in [-0.39, 0.29) is 11.5 Å². The predicted octanol–water partition coefficient (Wildman–Crippen LogP) is 3.37. The van der Waals surface area contributed by atoms with Crippen LogP contribution in [0.2, 0.25) is 0 Å². The molecule has 1 atom stereocenters. The molecule has 2 rings (SSSR count). The summed E-state index contributed by atoms with van der Waals surface area (Å²) in [4.78, 5) is 0. The van der Waals surface area contributed by atoms with Crippen LogP contribution >= 0.6 is 0 Å². The maximum absolute atomic E-state index is 13.6. The Labute approximate surface area is 96.8 Å². The SMILES string of the molecule is Fc1cc(C(F)F)cc(C2CCCNC2)c1F. The quantitative estimate of drug-likeness (QED) is 0.790. The molecule has 0 saturated carbocycles. The van der Waals surface area contributed by atoms with E-state index in [0.717, 1.165) is 19.0 Å². The fraction of sp³-hybridized carbons (Fsp3) is 0.500. The van der Waals surface area contributed by atoms with Gasteiger partial charge >= 0.3 is 0 Å². The van der Waals surface area contributed by atoms with Crippen molar-refractivity contribution in [3.63, 3.8) is 0 Å². The van der Waals surface area contributed by atoms with E-state index in [4.69, 9.17) is 0 Å². The molecule has 1 nitrogen and oxygen atoms in total. The Morgan fingerprint density at radius 2 is 2.00 bits per heavy atom. The molecule has 1 saturated heterocycles. The molecule has 1 heterocycles. The Balaban J connectivity index is 2.36. The van der Waals surface area contributed by atoms with Gasteiger partial charge in [0.05, 0.1) is 0 Å². The van der Waals surface area contributed by atoms with Crippen molar-refractivity contribution < 1.29 is 17.6 Å². The van der Waals surface area contributed by atoms with Gasteiger partial charge in [-0.1, -0.05) is 0 Å². The zero-order chi connectivity index (χ0) is 12.4. The van der Waals surface area contributed by atoms with E-state index >= 15 is 0 Å². The van der Waals surface area contributed by atoms with Crippen molar-refractivity contribution >= 4 is 0 Å². The van der Waals surface area contributed by atoms with Crippen LogP contribution in [0.4, 0.5) is 17.6 Å². The van der Waals surface area contributed by atoms with Gasteiger partial charge < -0.3 is 5.32 Å². The third-order valence-corrected chi connectivity index (χ3v) is 3.07. The highest BCUT2D eigenvalue weighted by atomic mass is 19.3. The Bertz CT molecular complexity index is 400. The Kier molecular flexibility index (Phi) is 3.66. The van der Waals surface area contributed by atoms with E-state index in [1.54, 1.807) is 0 Å². The minimum absolute atomic E-state index is 0.0625. The molecule has 0 aromatic heterocycles. The summed E-state index contributed by atoms with van der Waals surface area (Å²) < 4.78 is 51.9. The third kappa shape index (κ3) is 2.60. The van der Waals surface area contributed by atoms with E-state index in [1.165, 1.54) is 0 Å². The Morgan fingerprint density at radius 3 is 2.59 bits per heavy atom. The van der Waals surface area contributed by atoms with Crippen LogP contribution in [-0.2, 0) is 0 Å². The molecule has 1 unspecified atom stereocenters. The number of benzene rings is 1. The molecule has 0 bridgehead atoms. The van der Waals surface area contributed by atoms with Crippen LogP contribution in [0.25, 0.3) is 0 Å². The van der Waals surface area contributed by atoms with Crippen molar-refractivity contribution in [2.24, 2.45) is 0 Å². The number of piperidine rings is 1. The molecular weight excluding hydrogens is 234 g/mol. The molecule has 1 aliphatic heterocycles. The summed E-state index contributed by atoms with van der Waals surface area (Å²) in [5.41, 5.74) is -0.392. The summed E-state index contributed by atoms with van der Waals surface area (Å²) in [5.74, 6) is -2.41. The largest absolute Gasteiger partial charge is 0.316 e. The van der Waals surface area contributed by atoms with Gasteiger partial charge in [-0.05, 0) is 43.0 Å². The average Bonchev–Trinajstić information content (AvgIpc) is 2.33. The lowest BCUT2D eigenvalue weighted by Crippen LogP contribution is -2.29. The van der Waals surface area contributed by atoms with E-state index in [0.29, 0.717) is 19.0 Å². The first-order valence-electron chi connectivity index (χ1n) is 5.57. The fourth-order valence-electron chi connectivity index (χ4n) is 2.17. The minimum atomic E-state index is -2.78. The summed E-state index contributed by atoms with van der Waals surface area (Å²) in [5, 5.41) is 3.05. The highest BCUT2D eigenvalue weighted by molar-refractivity contribution is 5.30. The van der Waals surface area contributed by atoms with E-state index in [2.05, 4.69) is 5.32 Å². The van der Waals surface area contributed by atoms with Gasteiger partial charge in [-0.3, -0.25) is 0 Å². The first-order valence-corrected chi connectivity index (χ1v) is 5.57. The van der Waals surface area contributed by atoms with Crippen LogP contribution in [0.3, 0.4) is 0 Å². The summed E-state index contributed by atoms with van der Waals surface area (Å²) >= 11 is 0. The molecule has 0 aliphatic carbocycles. The molecule has 1 aromatic carbocycles. The van der Waals surface area contributed by atoms with Crippen molar-refractivity contribution in [2.45, 2.75) is 25.2 Å². The molecule has 1 N–H and O–H groups in total. The van der Waals surface area contributed by atoms with Gasteiger partial charge in [0.1, 0.15) is 0 Å². The summed E-state index contributed by atoms with van der Waals surface area (Å²) in [6, 6.07) is 1.65. The lowest BCUT2D eigenvalue weighted by atomic mass is 9.90. The number of rotatable bonds is 2. The summed E-state index contributed by atoms with van der Waals surface area (Å²) in [6.45, 7) is 1.33. The topological polar surface area (TPSA) is 12.0 Å². The molecule has 17 heavy (non-hydrogen) atoms. The van der Waals surface area contributed by atoms with E-state index in [9.17, 15) is 17.6 Å². The second-order valence-corrected chi connectivity index (χ2v) is 4.25. The summed E-state index contributed by atoms with van der Waals surface area (Å²) in [7, 11) is 0. The fourth-order valence-corrected chi connectivity index (χ4v) is 2.17. The zero-order valence-corrected chi connectivity index (χ0v) is 9.15. The van der Waals surface area contributed by atoms with Crippen molar-refractivity contribution in [1.29, 1.82) is 0 Å². The molecule has 0 amide bonds. The normalized spacial score (nSPS) is 20.9. The van der Waals surface area contributed by atoms with Gasteiger partial charge in [-0.25, -0.2) is 17.6 Å². The van der Waals surface area contributed by atoms with E-state index in [1.807, 2.05) is 0 Å². The molecule has 94 valence electrons. The van der Waals surface area contributed by atoms with Gasteiger partial charge in [0.2, 0.25) is 0 Å². The molecule has 0 spiro atoms. The number of alkyl halides is 2. The van der Waals surface area contributed by atoms with Gasteiger partial charge in [0, 0.05) is 12.1 Å². The van der Waals surface area contributed by atoms with Crippen LogP contribution in [0.1, 0.15) is 36.3 Å². The zero-order valence-electron chi connectivity index (χ0n) is 9.15. The first-order chi connectivity index (χ1) is 8.09. The number of hydrogen-bond donors (Lipinski definition) is 1. The number of nitrogens with one attached hydrogen (secondary N) is 1. The van der Waals surface area contributed by atoms with Crippen LogP contribution in [0.15, 0.2) is 12.1 Å². The minimum Gasteiger partial charge on any atom is -0.316 e. The third-order valence-electron chi connectivity index (χ3n) is 3.07. The maximum atomic E-state index is 13.6. The molecular formula is C12H13F4N. The van der Waals surface area contributed by atoms with Crippen LogP contribution < -0.4 is 5.32 Å². The van der Waals surface area contributed by atoms with Gasteiger partial charge in [0.15, 0.2) is 11.6 Å².